The standard InChI is InChI=1S/C36H28O6/c37-31-20-30(40-23-26-12-6-2-7-13-26)21-32-33(31)34(38)36(41-24-27-14-8-3-9-15-27)35(42-32)28-16-18-29(19-17-28)39-22-25-10-4-1-5-11-25/h1-21,37H,22-24H2. The number of hydrogen-bond donors (Lipinski definition) is 1. The number of aromatic hydroxyl groups is 1. The Bertz CT molecular complexity index is 1830. The van der Waals surface area contributed by atoms with Gasteiger partial charge in [0.05, 0.1) is 0 Å². The Hall–Kier alpha value is -5.49. The molecule has 0 aliphatic carbocycles. The lowest BCUT2D eigenvalue weighted by molar-refractivity contribution is 0.296. The molecule has 6 rings (SSSR count). The van der Waals surface area contributed by atoms with E-state index in [4.69, 9.17) is 18.6 Å². The van der Waals surface area contributed by atoms with Crippen molar-refractivity contribution >= 4 is 11.0 Å². The topological polar surface area (TPSA) is 78.1 Å². The molecule has 42 heavy (non-hydrogen) atoms. The number of ether oxygens (including phenoxy) is 3. The van der Waals surface area contributed by atoms with Crippen LogP contribution < -0.4 is 19.6 Å². The summed E-state index contributed by atoms with van der Waals surface area (Å²) in [4.78, 5) is 13.8. The van der Waals surface area contributed by atoms with Gasteiger partial charge in [0.25, 0.3) is 0 Å². The zero-order valence-electron chi connectivity index (χ0n) is 22.7. The summed E-state index contributed by atoms with van der Waals surface area (Å²) in [6.07, 6.45) is 0. The molecule has 0 atom stereocenters. The van der Waals surface area contributed by atoms with Crippen molar-refractivity contribution in [2.45, 2.75) is 19.8 Å². The molecular weight excluding hydrogens is 528 g/mol. The quantitative estimate of drug-likeness (QED) is 0.185. The van der Waals surface area contributed by atoms with E-state index in [9.17, 15) is 9.90 Å². The van der Waals surface area contributed by atoms with Crippen molar-refractivity contribution in [2.24, 2.45) is 0 Å². The van der Waals surface area contributed by atoms with Crippen LogP contribution in [0.25, 0.3) is 22.3 Å². The molecule has 0 unspecified atom stereocenters. The van der Waals surface area contributed by atoms with Crippen molar-refractivity contribution in [3.05, 3.63) is 154 Å². The van der Waals surface area contributed by atoms with E-state index in [1.54, 1.807) is 6.07 Å². The van der Waals surface area contributed by atoms with E-state index >= 15 is 0 Å². The number of benzene rings is 5. The molecule has 6 heteroatoms. The highest BCUT2D eigenvalue weighted by atomic mass is 16.5. The normalized spacial score (nSPS) is 10.9. The maximum atomic E-state index is 13.8. The van der Waals surface area contributed by atoms with Gasteiger partial charge in [-0.1, -0.05) is 91.0 Å². The van der Waals surface area contributed by atoms with Gasteiger partial charge in [-0.05, 0) is 41.0 Å². The van der Waals surface area contributed by atoms with Crippen molar-refractivity contribution in [1.82, 2.24) is 0 Å². The number of hydrogen-bond acceptors (Lipinski definition) is 6. The number of fused-ring (bicyclic) bond motifs is 1. The summed E-state index contributed by atoms with van der Waals surface area (Å²) in [6, 6.07) is 39.4. The Balaban J connectivity index is 1.35. The third-order valence-corrected chi connectivity index (χ3v) is 6.75. The summed E-state index contributed by atoms with van der Waals surface area (Å²) in [5.41, 5.74) is 3.26. The number of phenols is 1. The van der Waals surface area contributed by atoms with Crippen LogP contribution in [0.3, 0.4) is 0 Å². The van der Waals surface area contributed by atoms with Gasteiger partial charge in [-0.25, -0.2) is 0 Å². The summed E-state index contributed by atoms with van der Waals surface area (Å²) < 4.78 is 24.2. The number of phenolic OH excluding ortho intramolecular Hbond substituents is 1. The van der Waals surface area contributed by atoms with E-state index in [1.165, 1.54) is 6.07 Å². The Morgan fingerprint density at radius 3 is 1.62 bits per heavy atom. The molecule has 0 amide bonds. The van der Waals surface area contributed by atoms with Gasteiger partial charge in [0, 0.05) is 17.7 Å². The molecule has 0 fully saturated rings. The maximum Gasteiger partial charge on any atom is 0.239 e. The van der Waals surface area contributed by atoms with Gasteiger partial charge in [0.2, 0.25) is 11.2 Å². The molecule has 6 aromatic rings. The van der Waals surface area contributed by atoms with Crippen LogP contribution in [0.5, 0.6) is 23.0 Å². The fraction of sp³-hybridized carbons (Fsp3) is 0.0833. The highest BCUT2D eigenvalue weighted by Gasteiger charge is 2.21. The Kier molecular flexibility index (Phi) is 7.86. The highest BCUT2D eigenvalue weighted by molar-refractivity contribution is 5.88. The molecule has 1 heterocycles. The van der Waals surface area contributed by atoms with Crippen LogP contribution >= 0.6 is 0 Å². The van der Waals surface area contributed by atoms with Crippen molar-refractivity contribution < 1.29 is 23.7 Å². The number of rotatable bonds is 10. The molecule has 0 saturated heterocycles. The van der Waals surface area contributed by atoms with E-state index < -0.39 is 5.43 Å². The minimum Gasteiger partial charge on any atom is -0.507 e. The van der Waals surface area contributed by atoms with Gasteiger partial charge in [-0.2, -0.15) is 0 Å². The van der Waals surface area contributed by atoms with Crippen molar-refractivity contribution in [3.8, 4) is 34.3 Å². The van der Waals surface area contributed by atoms with E-state index in [0.717, 1.165) is 16.7 Å². The van der Waals surface area contributed by atoms with Crippen LogP contribution in [0.15, 0.2) is 137 Å². The molecule has 0 radical (unpaired) electrons. The summed E-state index contributed by atoms with van der Waals surface area (Å²) >= 11 is 0. The molecule has 208 valence electrons. The molecule has 0 saturated carbocycles. The fourth-order valence-corrected chi connectivity index (χ4v) is 4.58. The minimum atomic E-state index is -0.473. The first-order valence-corrected chi connectivity index (χ1v) is 13.6. The van der Waals surface area contributed by atoms with Gasteiger partial charge in [-0.3, -0.25) is 4.79 Å². The predicted molar refractivity (Wildman–Crippen MR) is 162 cm³/mol. The molecular formula is C36H28O6. The van der Waals surface area contributed by atoms with Crippen LogP contribution in [0, 0.1) is 0 Å². The highest BCUT2D eigenvalue weighted by Crippen LogP contribution is 2.37. The lowest BCUT2D eigenvalue weighted by Gasteiger charge is -2.14. The van der Waals surface area contributed by atoms with Crippen LogP contribution in [-0.4, -0.2) is 5.11 Å². The zero-order valence-corrected chi connectivity index (χ0v) is 22.7. The van der Waals surface area contributed by atoms with Crippen LogP contribution in [0.2, 0.25) is 0 Å². The van der Waals surface area contributed by atoms with Crippen LogP contribution in [-0.2, 0) is 19.8 Å². The third-order valence-electron chi connectivity index (χ3n) is 6.75. The van der Waals surface area contributed by atoms with E-state index in [2.05, 4.69) is 0 Å². The Labute approximate surface area is 243 Å². The first-order valence-electron chi connectivity index (χ1n) is 13.6. The largest absolute Gasteiger partial charge is 0.507 e. The smallest absolute Gasteiger partial charge is 0.239 e. The van der Waals surface area contributed by atoms with E-state index in [0.29, 0.717) is 30.3 Å². The summed E-state index contributed by atoms with van der Waals surface area (Å²) in [6.45, 7) is 0.884. The summed E-state index contributed by atoms with van der Waals surface area (Å²) in [5.74, 6) is 1.06. The van der Waals surface area contributed by atoms with Gasteiger partial charge in [-0.15, -0.1) is 0 Å². The second-order valence-electron chi connectivity index (χ2n) is 9.75. The maximum absolute atomic E-state index is 13.8. The molecule has 5 aromatic carbocycles. The molecule has 0 spiro atoms. The van der Waals surface area contributed by atoms with Crippen LogP contribution in [0.4, 0.5) is 0 Å². The lowest BCUT2D eigenvalue weighted by Crippen LogP contribution is -2.10. The summed E-state index contributed by atoms with van der Waals surface area (Å²) in [5, 5.41) is 10.9. The average molecular weight is 557 g/mol. The lowest BCUT2D eigenvalue weighted by atomic mass is 10.1. The van der Waals surface area contributed by atoms with Crippen LogP contribution in [0.1, 0.15) is 16.7 Å². The van der Waals surface area contributed by atoms with E-state index in [1.807, 2.05) is 115 Å². The Morgan fingerprint density at radius 2 is 1.07 bits per heavy atom. The van der Waals surface area contributed by atoms with Crippen molar-refractivity contribution in [1.29, 1.82) is 0 Å². The second kappa shape index (κ2) is 12.4. The molecule has 0 aliphatic rings. The Morgan fingerprint density at radius 1 is 0.571 bits per heavy atom. The summed E-state index contributed by atoms with van der Waals surface area (Å²) in [7, 11) is 0. The average Bonchev–Trinajstić information content (AvgIpc) is 3.04. The van der Waals surface area contributed by atoms with Gasteiger partial charge < -0.3 is 23.7 Å². The van der Waals surface area contributed by atoms with Crippen molar-refractivity contribution in [2.75, 3.05) is 0 Å². The first kappa shape index (κ1) is 26.7. The monoisotopic (exact) mass is 556 g/mol. The molecule has 6 nitrogen and oxygen atoms in total. The van der Waals surface area contributed by atoms with E-state index in [-0.39, 0.29) is 34.8 Å². The third kappa shape index (κ3) is 6.13. The molecule has 1 N–H and O–H groups in total. The predicted octanol–water partition coefficient (Wildman–Crippen LogP) is 7.90. The van der Waals surface area contributed by atoms with Gasteiger partial charge >= 0.3 is 0 Å². The fourth-order valence-electron chi connectivity index (χ4n) is 4.58. The molecule has 0 bridgehead atoms. The van der Waals surface area contributed by atoms with Gasteiger partial charge in [0.1, 0.15) is 48.0 Å². The minimum absolute atomic E-state index is 0.0116. The van der Waals surface area contributed by atoms with Gasteiger partial charge in [0.15, 0.2) is 5.76 Å². The zero-order chi connectivity index (χ0) is 28.7. The van der Waals surface area contributed by atoms with Crippen molar-refractivity contribution in [3.63, 3.8) is 0 Å². The first-order chi connectivity index (χ1) is 20.6. The SMILES string of the molecule is O=c1c(OCc2ccccc2)c(-c2ccc(OCc3ccccc3)cc2)oc2cc(OCc3ccccc3)cc(O)c12. The molecule has 0 aliphatic heterocycles. The molecule has 1 aromatic heterocycles. The second-order valence-corrected chi connectivity index (χ2v) is 9.75.